The van der Waals surface area contributed by atoms with E-state index in [0.717, 1.165) is 28.7 Å². The van der Waals surface area contributed by atoms with Crippen LogP contribution in [0.25, 0.3) is 0 Å². The fraction of sp³-hybridized carbons (Fsp3) is 0.267. The minimum absolute atomic E-state index is 0.0965. The van der Waals surface area contributed by atoms with Gasteiger partial charge in [-0.25, -0.2) is 0 Å². The van der Waals surface area contributed by atoms with Crippen LogP contribution in [0, 0.1) is 0 Å². The Labute approximate surface area is 126 Å². The van der Waals surface area contributed by atoms with Gasteiger partial charge >= 0.3 is 0 Å². The second-order valence-electron chi connectivity index (χ2n) is 4.47. The van der Waals surface area contributed by atoms with Gasteiger partial charge in [0.05, 0.1) is 0 Å². The lowest BCUT2D eigenvalue weighted by Gasteiger charge is -2.21. The fourth-order valence-electron chi connectivity index (χ4n) is 1.98. The smallest absolute Gasteiger partial charge is 0.161 e. The zero-order valence-corrected chi connectivity index (χ0v) is 13.4. The van der Waals surface area contributed by atoms with Crippen LogP contribution in [0.1, 0.15) is 22.2 Å². The molecule has 2 aromatic rings. The monoisotopic (exact) mass is 337 g/mol. The third-order valence-electron chi connectivity index (χ3n) is 3.02. The van der Waals surface area contributed by atoms with Crippen LogP contribution < -0.4 is 4.90 Å². The van der Waals surface area contributed by atoms with E-state index in [1.54, 1.807) is 18.3 Å². The Kier molecular flexibility index (Phi) is 4.77. The quantitative estimate of drug-likeness (QED) is 0.754. The lowest BCUT2D eigenvalue weighted by atomic mass is 10.1. The van der Waals surface area contributed by atoms with Crippen LogP contribution in [-0.4, -0.2) is 19.4 Å². The second kappa shape index (κ2) is 6.35. The standard InChI is InChI=1S/C15H16BrNOS/c1-11(18)14-10-12(16)5-6-15(14)17(2)8-7-13-4-3-9-19-13/h3-6,9-10H,7-8H2,1-2H3. The average Bonchev–Trinajstić information content (AvgIpc) is 2.88. The Morgan fingerprint density at radius 1 is 1.37 bits per heavy atom. The van der Waals surface area contributed by atoms with Crippen LogP contribution in [0.4, 0.5) is 5.69 Å². The molecule has 4 heteroatoms. The van der Waals surface area contributed by atoms with Crippen LogP contribution in [0.5, 0.6) is 0 Å². The molecule has 0 fully saturated rings. The summed E-state index contributed by atoms with van der Waals surface area (Å²) in [5.41, 5.74) is 1.76. The summed E-state index contributed by atoms with van der Waals surface area (Å²) in [6.45, 7) is 2.51. The maximum atomic E-state index is 11.7. The average molecular weight is 338 g/mol. The molecule has 100 valence electrons. The molecule has 0 unspecified atom stereocenters. The number of nitrogens with zero attached hydrogens (tertiary/aromatic N) is 1. The number of rotatable bonds is 5. The van der Waals surface area contributed by atoms with Crippen molar-refractivity contribution in [1.82, 2.24) is 0 Å². The Morgan fingerprint density at radius 3 is 2.79 bits per heavy atom. The summed E-state index contributed by atoms with van der Waals surface area (Å²) in [5, 5.41) is 2.09. The van der Waals surface area contributed by atoms with Gasteiger partial charge in [0.2, 0.25) is 0 Å². The van der Waals surface area contributed by atoms with E-state index in [0.29, 0.717) is 0 Å². The molecule has 19 heavy (non-hydrogen) atoms. The summed E-state index contributed by atoms with van der Waals surface area (Å²) in [6, 6.07) is 10.1. The molecule has 0 amide bonds. The molecule has 2 nitrogen and oxygen atoms in total. The van der Waals surface area contributed by atoms with Crippen molar-refractivity contribution in [2.75, 3.05) is 18.5 Å². The third kappa shape index (κ3) is 3.67. The number of thiophene rings is 1. The van der Waals surface area contributed by atoms with Gasteiger partial charge in [-0.15, -0.1) is 11.3 Å². The normalized spacial score (nSPS) is 10.5. The summed E-state index contributed by atoms with van der Waals surface area (Å²) in [5.74, 6) is 0.0965. The minimum Gasteiger partial charge on any atom is -0.374 e. The number of halogens is 1. The first-order chi connectivity index (χ1) is 9.08. The SMILES string of the molecule is CC(=O)c1cc(Br)ccc1N(C)CCc1cccs1. The van der Waals surface area contributed by atoms with Crippen molar-refractivity contribution >= 4 is 38.7 Å². The topological polar surface area (TPSA) is 20.3 Å². The number of ketones is 1. The van der Waals surface area contributed by atoms with Gasteiger partial charge in [-0.2, -0.15) is 0 Å². The first-order valence-electron chi connectivity index (χ1n) is 6.12. The van der Waals surface area contributed by atoms with Gasteiger partial charge in [-0.3, -0.25) is 4.79 Å². The summed E-state index contributed by atoms with van der Waals surface area (Å²) >= 11 is 5.19. The zero-order valence-electron chi connectivity index (χ0n) is 11.0. The molecule has 0 saturated heterocycles. The predicted octanol–water partition coefficient (Wildman–Crippen LogP) is 4.39. The summed E-state index contributed by atoms with van der Waals surface area (Å²) in [7, 11) is 2.03. The first kappa shape index (κ1) is 14.3. The van der Waals surface area contributed by atoms with Crippen LogP contribution in [-0.2, 0) is 6.42 Å². The van der Waals surface area contributed by atoms with Crippen molar-refractivity contribution in [2.24, 2.45) is 0 Å². The Hall–Kier alpha value is -1.13. The van der Waals surface area contributed by atoms with E-state index in [4.69, 9.17) is 0 Å². The molecule has 0 atom stereocenters. The molecule has 0 spiro atoms. The van der Waals surface area contributed by atoms with Gasteiger partial charge in [-0.1, -0.05) is 22.0 Å². The van der Waals surface area contributed by atoms with Crippen molar-refractivity contribution < 1.29 is 4.79 Å². The van der Waals surface area contributed by atoms with Crippen molar-refractivity contribution in [2.45, 2.75) is 13.3 Å². The zero-order chi connectivity index (χ0) is 13.8. The Morgan fingerprint density at radius 2 is 2.16 bits per heavy atom. The number of hydrogen-bond donors (Lipinski definition) is 0. The van der Waals surface area contributed by atoms with Gasteiger partial charge in [0.25, 0.3) is 0 Å². The van der Waals surface area contributed by atoms with Crippen molar-refractivity contribution in [3.63, 3.8) is 0 Å². The molecular weight excluding hydrogens is 322 g/mol. The summed E-state index contributed by atoms with van der Waals surface area (Å²) in [6.07, 6.45) is 1.00. The van der Waals surface area contributed by atoms with Crippen molar-refractivity contribution in [3.8, 4) is 0 Å². The highest BCUT2D eigenvalue weighted by Gasteiger charge is 2.11. The number of carbonyl (C=O) groups is 1. The largest absolute Gasteiger partial charge is 0.374 e. The van der Waals surface area contributed by atoms with E-state index < -0.39 is 0 Å². The van der Waals surface area contributed by atoms with Gasteiger partial charge in [0.15, 0.2) is 5.78 Å². The molecule has 1 heterocycles. The minimum atomic E-state index is 0.0965. The molecule has 0 N–H and O–H groups in total. The Balaban J connectivity index is 2.14. The Bertz CT molecular complexity index is 566. The third-order valence-corrected chi connectivity index (χ3v) is 4.45. The molecule has 0 aliphatic carbocycles. The number of anilines is 1. The molecule has 2 rings (SSSR count). The lowest BCUT2D eigenvalue weighted by molar-refractivity contribution is 0.101. The second-order valence-corrected chi connectivity index (χ2v) is 6.42. The highest BCUT2D eigenvalue weighted by Crippen LogP contribution is 2.24. The molecule has 1 aromatic heterocycles. The molecule has 0 saturated carbocycles. The van der Waals surface area contributed by atoms with Crippen LogP contribution in [0.15, 0.2) is 40.2 Å². The number of hydrogen-bond acceptors (Lipinski definition) is 3. The van der Waals surface area contributed by atoms with Gasteiger partial charge < -0.3 is 4.90 Å². The number of likely N-dealkylation sites (N-methyl/N-ethyl adjacent to an activating group) is 1. The van der Waals surface area contributed by atoms with E-state index in [1.807, 2.05) is 25.2 Å². The molecule has 1 aromatic carbocycles. The van der Waals surface area contributed by atoms with Crippen LogP contribution in [0.3, 0.4) is 0 Å². The van der Waals surface area contributed by atoms with E-state index in [2.05, 4.69) is 38.3 Å². The van der Waals surface area contributed by atoms with Gasteiger partial charge in [-0.05, 0) is 43.0 Å². The highest BCUT2D eigenvalue weighted by atomic mass is 79.9. The maximum absolute atomic E-state index is 11.7. The van der Waals surface area contributed by atoms with E-state index >= 15 is 0 Å². The van der Waals surface area contributed by atoms with Gasteiger partial charge in [0, 0.05) is 34.2 Å². The first-order valence-corrected chi connectivity index (χ1v) is 7.79. The molecule has 0 bridgehead atoms. The van der Waals surface area contributed by atoms with E-state index in [1.165, 1.54) is 4.88 Å². The van der Waals surface area contributed by atoms with Crippen LogP contribution >= 0.6 is 27.3 Å². The summed E-state index contributed by atoms with van der Waals surface area (Å²) in [4.78, 5) is 15.2. The highest BCUT2D eigenvalue weighted by molar-refractivity contribution is 9.10. The molecule has 0 aliphatic rings. The van der Waals surface area contributed by atoms with E-state index in [9.17, 15) is 4.79 Å². The lowest BCUT2D eigenvalue weighted by Crippen LogP contribution is -2.22. The maximum Gasteiger partial charge on any atom is 0.161 e. The number of benzene rings is 1. The number of carbonyl (C=O) groups excluding carboxylic acids is 1. The predicted molar refractivity (Wildman–Crippen MR) is 85.4 cm³/mol. The van der Waals surface area contributed by atoms with E-state index in [-0.39, 0.29) is 5.78 Å². The summed E-state index contributed by atoms with van der Waals surface area (Å²) < 4.78 is 0.938. The number of Topliss-reactive ketones (excluding diaryl/α,β-unsaturated/α-hetero) is 1. The molecular formula is C15H16BrNOS. The van der Waals surface area contributed by atoms with Crippen molar-refractivity contribution in [1.29, 1.82) is 0 Å². The van der Waals surface area contributed by atoms with Gasteiger partial charge in [0.1, 0.15) is 0 Å². The van der Waals surface area contributed by atoms with Crippen LogP contribution in [0.2, 0.25) is 0 Å². The molecule has 0 radical (unpaired) electrons. The fourth-order valence-corrected chi connectivity index (χ4v) is 3.04. The molecule has 0 aliphatic heterocycles. The van der Waals surface area contributed by atoms with Crippen molar-refractivity contribution in [3.05, 3.63) is 50.6 Å².